The molecule has 2 aromatic carbocycles. The molecule has 0 amide bonds. The molecular weight excluding hydrogens is 352 g/mol. The Morgan fingerprint density at radius 1 is 1.23 bits per heavy atom. The van der Waals surface area contributed by atoms with Gasteiger partial charge in [0.25, 0.3) is 0 Å². The number of nitrogens with zero attached hydrogens (tertiary/aromatic N) is 1. The third kappa shape index (κ3) is 3.46. The summed E-state index contributed by atoms with van der Waals surface area (Å²) >= 11 is 0. The van der Waals surface area contributed by atoms with Crippen LogP contribution in [0.15, 0.2) is 53.6 Å². The molecule has 2 N–H and O–H groups in total. The maximum absolute atomic E-state index is 12.7. The first-order chi connectivity index (χ1) is 12.3. The van der Waals surface area contributed by atoms with Crippen molar-refractivity contribution in [2.45, 2.75) is 17.9 Å². The zero-order valence-electron chi connectivity index (χ0n) is 14.9. The molecule has 1 unspecified atom stereocenters. The highest BCUT2D eigenvalue weighted by molar-refractivity contribution is 7.89. The second-order valence-electron chi connectivity index (χ2n) is 6.23. The van der Waals surface area contributed by atoms with E-state index in [2.05, 4.69) is 4.72 Å². The summed E-state index contributed by atoms with van der Waals surface area (Å²) in [5.74, 6) is 0.266. The van der Waals surface area contributed by atoms with Crippen LogP contribution < -0.4 is 9.46 Å². The average Bonchev–Trinajstić information content (AvgIpc) is 2.97. The summed E-state index contributed by atoms with van der Waals surface area (Å²) in [6.45, 7) is 1.68. The van der Waals surface area contributed by atoms with Crippen molar-refractivity contribution < 1.29 is 18.3 Å². The van der Waals surface area contributed by atoms with Crippen LogP contribution in [-0.2, 0) is 17.1 Å². The molecule has 0 fully saturated rings. The summed E-state index contributed by atoms with van der Waals surface area (Å²) in [7, 11) is -0.502. The first-order valence-corrected chi connectivity index (χ1v) is 9.68. The first-order valence-electron chi connectivity index (χ1n) is 8.20. The molecule has 0 radical (unpaired) electrons. The van der Waals surface area contributed by atoms with Crippen molar-refractivity contribution in [3.63, 3.8) is 0 Å². The van der Waals surface area contributed by atoms with Crippen LogP contribution in [0.3, 0.4) is 0 Å². The van der Waals surface area contributed by atoms with Gasteiger partial charge in [-0.25, -0.2) is 13.1 Å². The highest BCUT2D eigenvalue weighted by atomic mass is 32.2. The van der Waals surface area contributed by atoms with Crippen LogP contribution in [0.5, 0.6) is 5.75 Å². The maximum atomic E-state index is 12.7. The molecule has 6 nitrogen and oxygen atoms in total. The Kier molecular flexibility index (Phi) is 5.04. The van der Waals surface area contributed by atoms with Crippen LogP contribution in [0.2, 0.25) is 0 Å². The normalized spacial score (nSPS) is 13.1. The lowest BCUT2D eigenvalue weighted by atomic mass is 10.1. The number of benzene rings is 2. The second kappa shape index (κ2) is 7.11. The van der Waals surface area contributed by atoms with E-state index >= 15 is 0 Å². The van der Waals surface area contributed by atoms with E-state index < -0.39 is 16.1 Å². The minimum Gasteiger partial charge on any atom is -0.495 e. The number of ether oxygens (including phenoxy) is 1. The lowest BCUT2D eigenvalue weighted by Crippen LogP contribution is -2.29. The zero-order valence-corrected chi connectivity index (χ0v) is 15.7. The number of nitrogens with one attached hydrogen (secondary N) is 1. The van der Waals surface area contributed by atoms with Gasteiger partial charge in [-0.15, -0.1) is 0 Å². The van der Waals surface area contributed by atoms with Crippen molar-refractivity contribution in [1.82, 2.24) is 9.29 Å². The Morgan fingerprint density at radius 3 is 2.69 bits per heavy atom. The van der Waals surface area contributed by atoms with Crippen LogP contribution >= 0.6 is 0 Å². The molecule has 0 aliphatic heterocycles. The summed E-state index contributed by atoms with van der Waals surface area (Å²) in [6, 6.07) is 12.6. The van der Waals surface area contributed by atoms with Crippen molar-refractivity contribution in [3.8, 4) is 5.75 Å². The van der Waals surface area contributed by atoms with Crippen molar-refractivity contribution in [1.29, 1.82) is 0 Å². The van der Waals surface area contributed by atoms with Gasteiger partial charge in [-0.3, -0.25) is 0 Å². The molecule has 0 saturated heterocycles. The molecular formula is C19H22N2O4S. The number of aliphatic hydroxyl groups is 1. The molecule has 26 heavy (non-hydrogen) atoms. The molecule has 3 aromatic rings. The van der Waals surface area contributed by atoms with Gasteiger partial charge in [-0.05, 0) is 30.7 Å². The number of hydrogen-bond acceptors (Lipinski definition) is 4. The van der Waals surface area contributed by atoms with E-state index in [4.69, 9.17) is 4.74 Å². The molecule has 7 heteroatoms. The fourth-order valence-corrected chi connectivity index (χ4v) is 4.30. The zero-order chi connectivity index (χ0) is 18.9. The van der Waals surface area contributed by atoms with Gasteiger partial charge in [-0.2, -0.15) is 0 Å². The largest absolute Gasteiger partial charge is 0.495 e. The summed E-state index contributed by atoms with van der Waals surface area (Å²) < 4.78 is 34.9. The minimum atomic E-state index is -3.82. The van der Waals surface area contributed by atoms with Crippen molar-refractivity contribution in [2.24, 2.45) is 7.05 Å². The Hall–Kier alpha value is -2.35. The smallest absolute Gasteiger partial charge is 0.244 e. The van der Waals surface area contributed by atoms with Gasteiger partial charge in [0.2, 0.25) is 10.0 Å². The molecule has 1 atom stereocenters. The van der Waals surface area contributed by atoms with E-state index in [1.54, 1.807) is 18.2 Å². The maximum Gasteiger partial charge on any atom is 0.244 e. The molecule has 0 saturated carbocycles. The fourth-order valence-electron chi connectivity index (χ4n) is 3.01. The lowest BCUT2D eigenvalue weighted by molar-refractivity contribution is 0.183. The molecule has 0 aliphatic carbocycles. The summed E-state index contributed by atoms with van der Waals surface area (Å²) in [5.41, 5.74) is 2.47. The van der Waals surface area contributed by atoms with E-state index in [1.165, 1.54) is 7.11 Å². The Labute approximate surface area is 153 Å². The third-order valence-corrected chi connectivity index (χ3v) is 5.81. The van der Waals surface area contributed by atoms with E-state index in [1.807, 2.05) is 49.0 Å². The van der Waals surface area contributed by atoms with Crippen LogP contribution in [0.25, 0.3) is 10.9 Å². The highest BCUT2D eigenvalue weighted by Crippen LogP contribution is 2.27. The fraction of sp³-hybridized carbons (Fsp3) is 0.263. The Balaban J connectivity index is 1.85. The van der Waals surface area contributed by atoms with Crippen LogP contribution in [0.1, 0.15) is 17.2 Å². The van der Waals surface area contributed by atoms with E-state index in [0.29, 0.717) is 5.56 Å². The molecule has 138 valence electrons. The number of hydrogen-bond donors (Lipinski definition) is 2. The van der Waals surface area contributed by atoms with Gasteiger partial charge < -0.3 is 14.4 Å². The van der Waals surface area contributed by atoms with Gasteiger partial charge >= 0.3 is 0 Å². The Morgan fingerprint density at radius 2 is 1.96 bits per heavy atom. The quantitative estimate of drug-likeness (QED) is 0.695. The summed E-state index contributed by atoms with van der Waals surface area (Å²) in [5, 5.41) is 11.4. The number of aryl methyl sites for hydroxylation is 2. The van der Waals surface area contributed by atoms with Crippen LogP contribution in [-0.4, -0.2) is 31.7 Å². The van der Waals surface area contributed by atoms with Crippen molar-refractivity contribution in [2.75, 3.05) is 13.7 Å². The Bertz CT molecular complexity index is 1040. The van der Waals surface area contributed by atoms with E-state index in [9.17, 15) is 13.5 Å². The van der Waals surface area contributed by atoms with Crippen molar-refractivity contribution in [3.05, 3.63) is 59.8 Å². The van der Waals surface area contributed by atoms with E-state index in [-0.39, 0.29) is 17.2 Å². The minimum absolute atomic E-state index is 0.0603. The summed E-state index contributed by atoms with van der Waals surface area (Å²) in [4.78, 5) is 0.0603. The van der Waals surface area contributed by atoms with Gasteiger partial charge in [-0.1, -0.05) is 24.3 Å². The summed E-state index contributed by atoms with van der Waals surface area (Å²) in [6.07, 6.45) is 0.850. The molecule has 0 spiro atoms. The molecule has 1 heterocycles. The van der Waals surface area contributed by atoms with Gasteiger partial charge in [0.15, 0.2) is 0 Å². The van der Waals surface area contributed by atoms with Gasteiger partial charge in [0.1, 0.15) is 10.6 Å². The number of aromatic nitrogens is 1. The second-order valence-corrected chi connectivity index (χ2v) is 7.97. The van der Waals surface area contributed by atoms with E-state index in [0.717, 1.165) is 16.5 Å². The topological polar surface area (TPSA) is 80.6 Å². The first kappa shape index (κ1) is 18.4. The van der Waals surface area contributed by atoms with Crippen molar-refractivity contribution >= 4 is 20.9 Å². The van der Waals surface area contributed by atoms with Gasteiger partial charge in [0.05, 0.1) is 13.2 Å². The number of rotatable bonds is 6. The monoisotopic (exact) mass is 374 g/mol. The number of sulfonamides is 1. The number of fused-ring (bicyclic) bond motifs is 1. The standard InChI is InChI=1S/C19H22N2O4S/c1-13-8-9-18(25-3)19(10-13)26(23,24)20-11-17(22)15-12-21(2)16-7-5-4-6-14(15)16/h4-10,12,17,20,22H,11H2,1-3H3. The van der Waals surface area contributed by atoms with Gasteiger partial charge in [0, 0.05) is 36.3 Å². The predicted octanol–water partition coefficient (Wildman–Crippen LogP) is 2.51. The lowest BCUT2D eigenvalue weighted by Gasteiger charge is -2.14. The SMILES string of the molecule is COc1ccc(C)cc1S(=O)(=O)NCC(O)c1cn(C)c2ccccc12. The number of aliphatic hydroxyl groups excluding tert-OH is 1. The molecule has 1 aromatic heterocycles. The predicted molar refractivity (Wildman–Crippen MR) is 101 cm³/mol. The number of para-hydroxylation sites is 1. The highest BCUT2D eigenvalue weighted by Gasteiger charge is 2.22. The van der Waals surface area contributed by atoms with Crippen LogP contribution in [0, 0.1) is 6.92 Å². The van der Waals surface area contributed by atoms with Crippen LogP contribution in [0.4, 0.5) is 0 Å². The molecule has 0 aliphatic rings. The molecule has 3 rings (SSSR count). The number of methoxy groups -OCH3 is 1. The third-order valence-electron chi connectivity index (χ3n) is 4.36. The molecule has 0 bridgehead atoms. The average molecular weight is 374 g/mol.